The van der Waals surface area contributed by atoms with Crippen molar-refractivity contribution in [3.8, 4) is 5.75 Å². The van der Waals surface area contributed by atoms with Crippen LogP contribution in [0.2, 0.25) is 0 Å². The van der Waals surface area contributed by atoms with E-state index in [2.05, 4.69) is 0 Å². The standard InChI is InChI=1S/C13H13NO5/c1-2-3-4-10(15)12-9-7-8(14(17)18)5-6-11(9)19-13(12)16/h5-7,15H,2-4H2,1H3/b12-10-. The predicted octanol–water partition coefficient (Wildman–Crippen LogP) is 2.97. The highest BCUT2D eigenvalue weighted by atomic mass is 16.6. The molecule has 1 aliphatic heterocycles. The average molecular weight is 263 g/mol. The molecule has 2 rings (SSSR count). The van der Waals surface area contributed by atoms with Gasteiger partial charge in [-0.25, -0.2) is 4.79 Å². The third-order valence-electron chi connectivity index (χ3n) is 2.91. The Morgan fingerprint density at radius 1 is 1.47 bits per heavy atom. The molecule has 0 saturated carbocycles. The normalized spacial score (nSPS) is 15.9. The molecule has 100 valence electrons. The van der Waals surface area contributed by atoms with Gasteiger partial charge in [-0.15, -0.1) is 0 Å². The number of carbonyl (C=O) groups is 1. The molecule has 0 fully saturated rings. The zero-order chi connectivity index (χ0) is 14.0. The smallest absolute Gasteiger partial charge is 0.347 e. The van der Waals surface area contributed by atoms with Gasteiger partial charge in [-0.1, -0.05) is 13.3 Å². The fourth-order valence-corrected chi connectivity index (χ4v) is 1.92. The van der Waals surface area contributed by atoms with Gasteiger partial charge in [0.1, 0.15) is 17.1 Å². The highest BCUT2D eigenvalue weighted by Gasteiger charge is 2.31. The van der Waals surface area contributed by atoms with Crippen LogP contribution >= 0.6 is 0 Å². The summed E-state index contributed by atoms with van der Waals surface area (Å²) in [5.74, 6) is -0.496. The Bertz CT molecular complexity index is 576. The molecule has 0 saturated heterocycles. The van der Waals surface area contributed by atoms with E-state index in [1.54, 1.807) is 0 Å². The fraction of sp³-hybridized carbons (Fsp3) is 0.308. The number of ether oxygens (including phenoxy) is 1. The molecule has 1 heterocycles. The van der Waals surface area contributed by atoms with Crippen LogP contribution in [0.4, 0.5) is 5.69 Å². The molecule has 0 amide bonds. The number of carbonyl (C=O) groups excluding carboxylic acids is 1. The lowest BCUT2D eigenvalue weighted by atomic mass is 10.0. The number of aliphatic hydroxyl groups is 1. The molecular weight excluding hydrogens is 250 g/mol. The number of nitro benzene ring substituents is 1. The first-order valence-electron chi connectivity index (χ1n) is 5.97. The van der Waals surface area contributed by atoms with Crippen LogP contribution in [-0.2, 0) is 4.79 Å². The second-order valence-corrected chi connectivity index (χ2v) is 4.25. The number of hydrogen-bond donors (Lipinski definition) is 1. The Hall–Kier alpha value is -2.37. The lowest BCUT2D eigenvalue weighted by Crippen LogP contribution is -2.03. The van der Waals surface area contributed by atoms with Gasteiger partial charge < -0.3 is 9.84 Å². The van der Waals surface area contributed by atoms with E-state index in [0.717, 1.165) is 12.8 Å². The zero-order valence-electron chi connectivity index (χ0n) is 10.4. The van der Waals surface area contributed by atoms with Crippen LogP contribution in [0, 0.1) is 10.1 Å². The summed E-state index contributed by atoms with van der Waals surface area (Å²) in [6.45, 7) is 1.96. The number of esters is 1. The minimum atomic E-state index is -0.663. The second-order valence-electron chi connectivity index (χ2n) is 4.25. The van der Waals surface area contributed by atoms with Crippen LogP contribution in [-0.4, -0.2) is 16.0 Å². The maximum Gasteiger partial charge on any atom is 0.347 e. The summed E-state index contributed by atoms with van der Waals surface area (Å²) in [6, 6.07) is 3.88. The molecule has 0 aromatic heterocycles. The molecule has 1 aromatic rings. The number of non-ortho nitro benzene ring substituents is 1. The largest absolute Gasteiger partial charge is 0.511 e. The number of nitrogens with zero attached hydrogens (tertiary/aromatic N) is 1. The Balaban J connectivity index is 2.47. The first-order chi connectivity index (χ1) is 9.04. The summed E-state index contributed by atoms with van der Waals surface area (Å²) in [6.07, 6.45) is 1.95. The Labute approximate surface area is 109 Å². The summed E-state index contributed by atoms with van der Waals surface area (Å²) in [5.41, 5.74) is 0.179. The van der Waals surface area contributed by atoms with E-state index in [1.165, 1.54) is 18.2 Å². The maximum absolute atomic E-state index is 11.7. The number of benzene rings is 1. The number of fused-ring (bicyclic) bond motifs is 1. The first kappa shape index (κ1) is 13.1. The van der Waals surface area contributed by atoms with Crippen molar-refractivity contribution in [2.24, 2.45) is 0 Å². The Kier molecular flexibility index (Phi) is 3.50. The fourth-order valence-electron chi connectivity index (χ4n) is 1.92. The van der Waals surface area contributed by atoms with Crippen molar-refractivity contribution in [2.75, 3.05) is 0 Å². The van der Waals surface area contributed by atoms with E-state index in [1.807, 2.05) is 6.92 Å². The van der Waals surface area contributed by atoms with Gasteiger partial charge >= 0.3 is 5.97 Å². The van der Waals surface area contributed by atoms with Gasteiger partial charge in [-0.05, 0) is 12.5 Å². The van der Waals surface area contributed by atoms with E-state index in [0.29, 0.717) is 6.42 Å². The number of hydrogen-bond acceptors (Lipinski definition) is 5. The number of aliphatic hydroxyl groups excluding tert-OH is 1. The Morgan fingerprint density at radius 2 is 2.21 bits per heavy atom. The summed E-state index contributed by atoms with van der Waals surface area (Å²) >= 11 is 0. The topological polar surface area (TPSA) is 89.7 Å². The van der Waals surface area contributed by atoms with Gasteiger partial charge in [0.25, 0.3) is 5.69 Å². The minimum Gasteiger partial charge on any atom is -0.511 e. The van der Waals surface area contributed by atoms with E-state index in [9.17, 15) is 20.0 Å². The lowest BCUT2D eigenvalue weighted by Gasteiger charge is -2.02. The van der Waals surface area contributed by atoms with Crippen molar-refractivity contribution in [1.82, 2.24) is 0 Å². The molecule has 6 nitrogen and oxygen atoms in total. The summed E-state index contributed by atoms with van der Waals surface area (Å²) < 4.78 is 4.98. The van der Waals surface area contributed by atoms with E-state index < -0.39 is 10.9 Å². The van der Waals surface area contributed by atoms with Crippen LogP contribution in [0.5, 0.6) is 5.75 Å². The number of allylic oxidation sites excluding steroid dienone is 1. The average Bonchev–Trinajstić information content (AvgIpc) is 2.70. The molecule has 0 unspecified atom stereocenters. The summed E-state index contributed by atoms with van der Waals surface area (Å²) in [7, 11) is 0. The number of nitro groups is 1. The molecule has 19 heavy (non-hydrogen) atoms. The van der Waals surface area contributed by atoms with Crippen molar-refractivity contribution in [2.45, 2.75) is 26.2 Å². The molecular formula is C13H13NO5. The van der Waals surface area contributed by atoms with Crippen molar-refractivity contribution >= 4 is 17.2 Å². The molecule has 0 atom stereocenters. The third-order valence-corrected chi connectivity index (χ3v) is 2.91. The maximum atomic E-state index is 11.7. The van der Waals surface area contributed by atoms with Gasteiger partial charge in [-0.3, -0.25) is 10.1 Å². The van der Waals surface area contributed by atoms with Crippen LogP contribution in [0.25, 0.3) is 5.57 Å². The van der Waals surface area contributed by atoms with E-state index >= 15 is 0 Å². The lowest BCUT2D eigenvalue weighted by molar-refractivity contribution is -0.384. The Morgan fingerprint density at radius 3 is 2.84 bits per heavy atom. The highest BCUT2D eigenvalue weighted by Crippen LogP contribution is 2.38. The molecule has 1 aromatic carbocycles. The monoisotopic (exact) mass is 263 g/mol. The molecule has 0 bridgehead atoms. The van der Waals surface area contributed by atoms with Gasteiger partial charge in [0.05, 0.1) is 4.92 Å². The van der Waals surface area contributed by atoms with Crippen LogP contribution < -0.4 is 4.74 Å². The highest BCUT2D eigenvalue weighted by molar-refractivity contribution is 6.22. The molecule has 0 aliphatic carbocycles. The summed E-state index contributed by atoms with van der Waals surface area (Å²) in [4.78, 5) is 21.9. The van der Waals surface area contributed by atoms with Crippen LogP contribution in [0.15, 0.2) is 24.0 Å². The molecule has 0 radical (unpaired) electrons. The molecule has 1 aliphatic rings. The predicted molar refractivity (Wildman–Crippen MR) is 67.8 cm³/mol. The second kappa shape index (κ2) is 5.09. The molecule has 0 spiro atoms. The number of unbranched alkanes of at least 4 members (excludes halogenated alkanes) is 1. The van der Waals surface area contributed by atoms with E-state index in [-0.39, 0.29) is 28.3 Å². The molecule has 1 N–H and O–H groups in total. The van der Waals surface area contributed by atoms with Crippen molar-refractivity contribution in [1.29, 1.82) is 0 Å². The van der Waals surface area contributed by atoms with Gasteiger partial charge in [0.15, 0.2) is 0 Å². The van der Waals surface area contributed by atoms with Gasteiger partial charge in [0, 0.05) is 24.1 Å². The SMILES string of the molecule is CCCC/C(O)=C1/C(=O)Oc2ccc([N+](=O)[O-])cc21. The number of rotatable bonds is 4. The first-order valence-corrected chi connectivity index (χ1v) is 5.97. The van der Waals surface area contributed by atoms with Crippen LogP contribution in [0.1, 0.15) is 31.7 Å². The van der Waals surface area contributed by atoms with Crippen molar-refractivity contribution in [3.63, 3.8) is 0 Å². The minimum absolute atomic E-state index is 0.0344. The van der Waals surface area contributed by atoms with Gasteiger partial charge in [0.2, 0.25) is 0 Å². The molecule has 6 heteroatoms. The third kappa shape index (κ3) is 2.42. The quantitative estimate of drug-likeness (QED) is 0.225. The van der Waals surface area contributed by atoms with Crippen molar-refractivity contribution in [3.05, 3.63) is 39.6 Å². The van der Waals surface area contributed by atoms with E-state index in [4.69, 9.17) is 4.74 Å². The zero-order valence-corrected chi connectivity index (χ0v) is 10.4. The summed E-state index contributed by atoms with van der Waals surface area (Å²) in [5, 5.41) is 20.7. The van der Waals surface area contributed by atoms with Crippen molar-refractivity contribution < 1.29 is 19.6 Å². The van der Waals surface area contributed by atoms with Gasteiger partial charge in [-0.2, -0.15) is 0 Å². The van der Waals surface area contributed by atoms with Crippen LogP contribution in [0.3, 0.4) is 0 Å².